The third-order valence-corrected chi connectivity index (χ3v) is 7.50. The van der Waals surface area contributed by atoms with Crippen LogP contribution < -0.4 is 4.74 Å². The molecule has 32 heavy (non-hydrogen) atoms. The van der Waals surface area contributed by atoms with Crippen LogP contribution in [0, 0.1) is 0 Å². The predicted molar refractivity (Wildman–Crippen MR) is 127 cm³/mol. The summed E-state index contributed by atoms with van der Waals surface area (Å²) in [5.74, 6) is 0.813. The highest BCUT2D eigenvalue weighted by atomic mass is 32.2. The molecule has 1 aliphatic rings. The normalized spacial score (nSPS) is 17.4. The van der Waals surface area contributed by atoms with Crippen LogP contribution in [-0.4, -0.2) is 75.4 Å². The highest BCUT2D eigenvalue weighted by molar-refractivity contribution is 7.88. The Balaban J connectivity index is 1.64. The molecule has 0 bridgehead atoms. The van der Waals surface area contributed by atoms with Gasteiger partial charge in [-0.1, -0.05) is 42.5 Å². The van der Waals surface area contributed by atoms with Crippen molar-refractivity contribution in [3.63, 3.8) is 0 Å². The van der Waals surface area contributed by atoms with Crippen molar-refractivity contribution in [2.45, 2.75) is 19.0 Å². The number of rotatable bonds is 9. The van der Waals surface area contributed by atoms with E-state index in [0.29, 0.717) is 19.7 Å². The van der Waals surface area contributed by atoms with E-state index in [0.717, 1.165) is 47.4 Å². The minimum absolute atomic E-state index is 0.0416. The number of hydrogen-bond donors (Lipinski definition) is 1. The van der Waals surface area contributed by atoms with Crippen molar-refractivity contribution >= 4 is 20.9 Å². The molecule has 1 aromatic heterocycles. The maximum absolute atomic E-state index is 12.4. The molecular formula is C24H31N3O4S. The molecule has 3 aromatic rings. The van der Waals surface area contributed by atoms with E-state index in [1.54, 1.807) is 18.5 Å². The maximum Gasteiger partial charge on any atom is 0.211 e. The third-order valence-electron chi connectivity index (χ3n) is 6.16. The molecule has 0 aliphatic carbocycles. The fourth-order valence-electron chi connectivity index (χ4n) is 4.65. The lowest BCUT2D eigenvalue weighted by molar-refractivity contribution is 0.165. The Morgan fingerprint density at radius 3 is 2.59 bits per heavy atom. The monoisotopic (exact) mass is 457 g/mol. The lowest BCUT2D eigenvalue weighted by Crippen LogP contribution is -2.43. The Bertz CT molecular complexity index is 1160. The molecule has 1 atom stereocenters. The van der Waals surface area contributed by atoms with Gasteiger partial charge in [0.1, 0.15) is 5.75 Å². The number of H-pyrrole nitrogens is 1. The van der Waals surface area contributed by atoms with Gasteiger partial charge in [-0.25, -0.2) is 8.42 Å². The highest BCUT2D eigenvalue weighted by Crippen LogP contribution is 2.36. The van der Waals surface area contributed by atoms with E-state index in [4.69, 9.17) is 9.47 Å². The van der Waals surface area contributed by atoms with Crippen molar-refractivity contribution in [2.24, 2.45) is 0 Å². The van der Waals surface area contributed by atoms with Crippen molar-refractivity contribution in [2.75, 3.05) is 46.7 Å². The molecular weight excluding hydrogens is 426 g/mol. The molecule has 8 heteroatoms. The van der Waals surface area contributed by atoms with Crippen LogP contribution in [0.5, 0.6) is 5.75 Å². The van der Waals surface area contributed by atoms with Crippen molar-refractivity contribution in [1.82, 2.24) is 14.2 Å². The van der Waals surface area contributed by atoms with Gasteiger partial charge in [0.2, 0.25) is 10.0 Å². The second-order valence-electron chi connectivity index (χ2n) is 8.27. The van der Waals surface area contributed by atoms with E-state index in [2.05, 4.69) is 28.1 Å². The maximum atomic E-state index is 12.4. The van der Waals surface area contributed by atoms with E-state index in [1.807, 2.05) is 30.3 Å². The summed E-state index contributed by atoms with van der Waals surface area (Å²) in [6.07, 6.45) is 2.09. The number of hydrogen-bond acceptors (Lipinski definition) is 5. The number of aromatic nitrogens is 1. The Morgan fingerprint density at radius 2 is 1.91 bits per heavy atom. The summed E-state index contributed by atoms with van der Waals surface area (Å²) in [4.78, 5) is 5.92. The topological polar surface area (TPSA) is 74.9 Å². The smallest absolute Gasteiger partial charge is 0.211 e. The number of para-hydroxylation sites is 1. The molecule has 1 N–H and O–H groups in total. The zero-order valence-corrected chi connectivity index (χ0v) is 19.7. The molecule has 1 unspecified atom stereocenters. The second-order valence-corrected chi connectivity index (χ2v) is 10.2. The van der Waals surface area contributed by atoms with E-state index in [1.165, 1.54) is 11.8 Å². The number of benzene rings is 2. The molecule has 0 spiro atoms. The number of nitrogens with zero attached hydrogens (tertiary/aromatic N) is 2. The molecule has 1 fully saturated rings. The first-order valence-corrected chi connectivity index (χ1v) is 12.7. The number of aromatic amines is 1. The summed E-state index contributed by atoms with van der Waals surface area (Å²) in [5, 5.41) is 1.13. The van der Waals surface area contributed by atoms with E-state index >= 15 is 0 Å². The molecule has 1 aliphatic heterocycles. The first-order chi connectivity index (χ1) is 15.4. The Kier molecular flexibility index (Phi) is 6.85. The minimum Gasteiger partial charge on any atom is -0.495 e. The van der Waals surface area contributed by atoms with Crippen LogP contribution in [0.25, 0.3) is 22.2 Å². The summed E-state index contributed by atoms with van der Waals surface area (Å²) >= 11 is 0. The van der Waals surface area contributed by atoms with Gasteiger partial charge in [-0.3, -0.25) is 4.90 Å². The number of likely N-dealkylation sites (tertiary alicyclic amines) is 1. The second kappa shape index (κ2) is 9.62. The third kappa shape index (κ3) is 4.68. The first kappa shape index (κ1) is 22.8. The Morgan fingerprint density at radius 1 is 1.12 bits per heavy atom. The van der Waals surface area contributed by atoms with Crippen molar-refractivity contribution in [3.8, 4) is 17.0 Å². The highest BCUT2D eigenvalue weighted by Gasteiger charge is 2.33. The molecule has 2 heterocycles. The van der Waals surface area contributed by atoms with Crippen LogP contribution >= 0.6 is 0 Å². The lowest BCUT2D eigenvalue weighted by Gasteiger charge is -2.26. The van der Waals surface area contributed by atoms with Crippen LogP contribution in [0.15, 0.2) is 48.5 Å². The fraction of sp³-hybridized carbons (Fsp3) is 0.417. The van der Waals surface area contributed by atoms with Crippen molar-refractivity contribution in [1.29, 1.82) is 0 Å². The molecule has 172 valence electrons. The van der Waals surface area contributed by atoms with Gasteiger partial charge in [-0.15, -0.1) is 0 Å². The summed E-state index contributed by atoms with van der Waals surface area (Å²) in [7, 11) is -0.0190. The standard InChI is InChI=1S/C24H31N3O4S/c1-30-15-14-27(32(3,28)29)19-12-13-26(16-19)17-21-20-10-7-11-22(31-2)24(20)25-23(21)18-8-5-4-6-9-18/h4-11,19,25H,12-17H2,1-3H3. The number of sulfonamides is 1. The van der Waals surface area contributed by atoms with Crippen LogP contribution in [0.2, 0.25) is 0 Å². The van der Waals surface area contributed by atoms with Crippen molar-refractivity contribution in [3.05, 3.63) is 54.1 Å². The van der Waals surface area contributed by atoms with Gasteiger partial charge >= 0.3 is 0 Å². The van der Waals surface area contributed by atoms with Crippen LogP contribution in [0.1, 0.15) is 12.0 Å². The zero-order valence-electron chi connectivity index (χ0n) is 18.9. The van der Waals surface area contributed by atoms with E-state index in [9.17, 15) is 8.42 Å². The van der Waals surface area contributed by atoms with Crippen LogP contribution in [0.4, 0.5) is 0 Å². The molecule has 1 saturated heterocycles. The summed E-state index contributed by atoms with van der Waals surface area (Å²) in [5.41, 5.74) is 4.38. The molecule has 0 saturated carbocycles. The number of nitrogens with one attached hydrogen (secondary N) is 1. The summed E-state index contributed by atoms with van der Waals surface area (Å²) < 4.78 is 37.1. The van der Waals surface area contributed by atoms with E-state index < -0.39 is 10.0 Å². The zero-order chi connectivity index (χ0) is 22.7. The number of ether oxygens (including phenoxy) is 2. The van der Waals surface area contributed by atoms with E-state index in [-0.39, 0.29) is 6.04 Å². The van der Waals surface area contributed by atoms with Gasteiger partial charge in [0.05, 0.1) is 31.2 Å². The Labute approximate surface area is 190 Å². The van der Waals surface area contributed by atoms with Gasteiger partial charge in [0.15, 0.2) is 0 Å². The van der Waals surface area contributed by atoms with Crippen LogP contribution in [-0.2, 0) is 21.3 Å². The average Bonchev–Trinajstić information content (AvgIpc) is 3.39. The first-order valence-electron chi connectivity index (χ1n) is 10.8. The predicted octanol–water partition coefficient (Wildman–Crippen LogP) is 3.33. The summed E-state index contributed by atoms with van der Waals surface area (Å²) in [6, 6.07) is 16.3. The SMILES string of the molecule is COCCN(C1CCN(Cc2c(-c3ccccc3)[nH]c3c(OC)cccc23)C1)S(C)(=O)=O. The van der Waals surface area contributed by atoms with Gasteiger partial charge in [-0.2, -0.15) is 4.31 Å². The molecule has 4 rings (SSSR count). The molecule has 0 amide bonds. The molecule has 7 nitrogen and oxygen atoms in total. The Hall–Kier alpha value is -2.39. The molecule has 0 radical (unpaired) electrons. The fourth-order valence-corrected chi connectivity index (χ4v) is 5.77. The lowest BCUT2D eigenvalue weighted by atomic mass is 10.0. The average molecular weight is 458 g/mol. The van der Waals surface area contributed by atoms with Crippen LogP contribution in [0.3, 0.4) is 0 Å². The van der Waals surface area contributed by atoms with Gasteiger partial charge in [-0.05, 0) is 23.6 Å². The number of methoxy groups -OCH3 is 2. The van der Waals surface area contributed by atoms with Crippen molar-refractivity contribution < 1.29 is 17.9 Å². The minimum atomic E-state index is -3.30. The van der Waals surface area contributed by atoms with Gasteiger partial charge in [0.25, 0.3) is 0 Å². The van der Waals surface area contributed by atoms with Gasteiger partial charge in [0, 0.05) is 44.7 Å². The largest absolute Gasteiger partial charge is 0.495 e. The molecule has 2 aromatic carbocycles. The van der Waals surface area contributed by atoms with Gasteiger partial charge < -0.3 is 14.5 Å². The summed E-state index contributed by atoms with van der Waals surface area (Å²) in [6.45, 7) is 3.04. The number of fused-ring (bicyclic) bond motifs is 1. The quantitative estimate of drug-likeness (QED) is 0.534.